The Morgan fingerprint density at radius 3 is 1.92 bits per heavy atom. The number of carbonyl (C=O) groups excluding carboxylic acids is 1. The second-order valence-electron chi connectivity index (χ2n) is 5.49. The minimum absolute atomic E-state index is 0.0582. The van der Waals surface area contributed by atoms with Gasteiger partial charge in [-0.05, 0) is 26.0 Å². The number of aromatic nitrogens is 1. The number of pyridine rings is 1. The highest BCUT2D eigenvalue weighted by Crippen LogP contribution is 2.28. The van der Waals surface area contributed by atoms with Crippen LogP contribution in [-0.2, 0) is 7.05 Å². The molecule has 10 heteroatoms. The molecule has 1 aromatic heterocycles. The molecule has 0 aliphatic rings. The van der Waals surface area contributed by atoms with Crippen LogP contribution in [0.1, 0.15) is 28.5 Å². The van der Waals surface area contributed by atoms with E-state index in [9.17, 15) is 14.9 Å². The molecule has 0 fully saturated rings. The fourth-order valence-corrected chi connectivity index (χ4v) is 2.38. The zero-order valence-electron chi connectivity index (χ0n) is 14.5. The summed E-state index contributed by atoms with van der Waals surface area (Å²) in [5, 5.41) is 11.4. The monoisotopic (exact) mass is 384 g/mol. The van der Waals surface area contributed by atoms with Gasteiger partial charge in [0.15, 0.2) is 11.5 Å². The van der Waals surface area contributed by atoms with E-state index in [0.717, 1.165) is 11.1 Å². The second-order valence-corrected chi connectivity index (χ2v) is 6.25. The van der Waals surface area contributed by atoms with E-state index in [4.69, 9.17) is 18.6 Å². The summed E-state index contributed by atoms with van der Waals surface area (Å²) in [5.74, 6) is -0.179. The predicted molar refractivity (Wildman–Crippen MR) is 79.2 cm³/mol. The molecule has 0 amide bonds. The van der Waals surface area contributed by atoms with Crippen molar-refractivity contribution in [1.82, 2.24) is 0 Å². The lowest BCUT2D eigenvalue weighted by Gasteiger charge is -2.17. The first-order chi connectivity index (χ1) is 11.8. The first-order valence-electron chi connectivity index (χ1n) is 7.20. The van der Waals surface area contributed by atoms with Gasteiger partial charge in [0.25, 0.3) is 5.69 Å². The first kappa shape index (κ1) is 21.6. The molecule has 0 saturated heterocycles. The van der Waals surface area contributed by atoms with Gasteiger partial charge in [0.2, 0.25) is 0 Å². The summed E-state index contributed by atoms with van der Waals surface area (Å²) in [7, 11) is -3.20. The Kier molecular flexibility index (Phi) is 6.90. The molecule has 0 N–H and O–H groups in total. The molecule has 0 bridgehead atoms. The third-order valence-corrected chi connectivity index (χ3v) is 3.65. The molecular formula is C16H17ClN2O7. The van der Waals surface area contributed by atoms with E-state index in [1.807, 2.05) is 31.2 Å². The summed E-state index contributed by atoms with van der Waals surface area (Å²) in [6.07, 6.45) is 0. The van der Waals surface area contributed by atoms with Crippen molar-refractivity contribution in [2.75, 3.05) is 0 Å². The minimum Gasteiger partial charge on any atom is -0.294 e. The summed E-state index contributed by atoms with van der Waals surface area (Å²) >= 11 is 0. The molecule has 2 rings (SSSR count). The van der Waals surface area contributed by atoms with Gasteiger partial charge >= 0.3 is 5.69 Å². The molecule has 140 valence electrons. The van der Waals surface area contributed by atoms with Crippen LogP contribution in [0.2, 0.25) is 0 Å². The van der Waals surface area contributed by atoms with Gasteiger partial charge < -0.3 is 0 Å². The maximum atomic E-state index is 11.6. The van der Waals surface area contributed by atoms with E-state index < -0.39 is 15.2 Å². The summed E-state index contributed by atoms with van der Waals surface area (Å²) in [4.78, 5) is 22.6. The van der Waals surface area contributed by atoms with Crippen LogP contribution in [0.3, 0.4) is 0 Å². The Morgan fingerprint density at radius 1 is 1.08 bits per heavy atom. The van der Waals surface area contributed by atoms with Crippen molar-refractivity contribution in [3.8, 4) is 11.3 Å². The summed E-state index contributed by atoms with van der Waals surface area (Å²) in [6.45, 7) is 5.16. The molecule has 1 aromatic carbocycles. The number of Topliss-reactive ketones (excluding diaryl/α,β-unsaturated/α-hetero) is 1. The van der Waals surface area contributed by atoms with Crippen molar-refractivity contribution < 1.29 is 43.2 Å². The lowest BCUT2D eigenvalue weighted by atomic mass is 10.0. The summed E-state index contributed by atoms with van der Waals surface area (Å²) in [5.41, 5.74) is 3.37. The largest absolute Gasteiger partial charge is 0.341 e. The summed E-state index contributed by atoms with van der Waals surface area (Å²) in [6, 6.07) is 8.89. The maximum absolute atomic E-state index is 11.6. The van der Waals surface area contributed by atoms with Crippen LogP contribution in [0.4, 0.5) is 5.69 Å². The fourth-order valence-electron chi connectivity index (χ4n) is 2.38. The number of hydrogen-bond donors (Lipinski definition) is 0. The van der Waals surface area contributed by atoms with Crippen molar-refractivity contribution >= 4 is 11.5 Å². The molecule has 0 spiro atoms. The zero-order valence-corrected chi connectivity index (χ0v) is 15.3. The molecule has 0 saturated carbocycles. The third-order valence-electron chi connectivity index (χ3n) is 3.65. The number of halogens is 1. The highest BCUT2D eigenvalue weighted by atomic mass is 35.7. The van der Waals surface area contributed by atoms with Crippen molar-refractivity contribution in [1.29, 1.82) is 0 Å². The Morgan fingerprint density at radius 2 is 1.54 bits per heavy atom. The van der Waals surface area contributed by atoms with Crippen LogP contribution >= 0.6 is 0 Å². The molecule has 1 heterocycles. The minimum atomic E-state index is -4.94. The lowest BCUT2D eigenvalue weighted by molar-refractivity contribution is -2.00. The fraction of sp³-hybridized carbons (Fsp3) is 0.250. The number of hydrogen-bond acceptors (Lipinski definition) is 7. The smallest absolute Gasteiger partial charge is 0.294 e. The molecule has 26 heavy (non-hydrogen) atoms. The Labute approximate surface area is 151 Å². The van der Waals surface area contributed by atoms with E-state index in [1.165, 1.54) is 13.0 Å². The van der Waals surface area contributed by atoms with E-state index in [0.29, 0.717) is 17.0 Å². The number of ketones is 1. The van der Waals surface area contributed by atoms with Gasteiger partial charge in [0.05, 0.1) is 16.1 Å². The van der Waals surface area contributed by atoms with Crippen LogP contribution in [0, 0.1) is 34.2 Å². The molecule has 0 aliphatic heterocycles. The number of nitro groups is 1. The molecule has 0 radical (unpaired) electrons. The van der Waals surface area contributed by atoms with E-state index in [2.05, 4.69) is 0 Å². The third kappa shape index (κ3) is 5.83. The molecule has 9 nitrogen and oxygen atoms in total. The van der Waals surface area contributed by atoms with Crippen molar-refractivity contribution in [3.05, 3.63) is 57.3 Å². The van der Waals surface area contributed by atoms with Gasteiger partial charge in [0.1, 0.15) is 7.05 Å². The Balaban J connectivity index is 0.000000597. The van der Waals surface area contributed by atoms with E-state index >= 15 is 0 Å². The van der Waals surface area contributed by atoms with Crippen LogP contribution in [0.5, 0.6) is 0 Å². The van der Waals surface area contributed by atoms with Gasteiger partial charge in [0, 0.05) is 13.0 Å². The Bertz CT molecular complexity index is 824. The van der Waals surface area contributed by atoms with Gasteiger partial charge in [-0.25, -0.2) is 18.6 Å². The number of rotatable bonds is 3. The second kappa shape index (κ2) is 8.30. The number of nitrogens with zero attached hydrogens (tertiary/aromatic N) is 2. The van der Waals surface area contributed by atoms with Gasteiger partial charge in [-0.2, -0.15) is 4.57 Å². The Hall–Kier alpha value is -2.43. The quantitative estimate of drug-likeness (QED) is 0.260. The predicted octanol–water partition coefficient (Wildman–Crippen LogP) is -1.85. The maximum Gasteiger partial charge on any atom is 0.341 e. The normalized spacial score (nSPS) is 10.8. The summed E-state index contributed by atoms with van der Waals surface area (Å²) < 4.78 is 35.7. The molecular weight excluding hydrogens is 368 g/mol. The number of aryl methyl sites for hydroxylation is 1. The highest BCUT2D eigenvalue weighted by molar-refractivity contribution is 5.95. The first-order valence-corrected chi connectivity index (χ1v) is 8.44. The van der Waals surface area contributed by atoms with Gasteiger partial charge in [-0.15, -0.1) is 10.2 Å². The molecule has 0 atom stereocenters. The topological polar surface area (TPSA) is 156 Å². The van der Waals surface area contributed by atoms with Crippen molar-refractivity contribution in [2.24, 2.45) is 7.05 Å². The van der Waals surface area contributed by atoms with E-state index in [-0.39, 0.29) is 11.5 Å². The molecule has 0 unspecified atom stereocenters. The van der Waals surface area contributed by atoms with Crippen molar-refractivity contribution in [2.45, 2.75) is 20.8 Å². The highest BCUT2D eigenvalue weighted by Gasteiger charge is 2.30. The average Bonchev–Trinajstić information content (AvgIpc) is 2.48. The van der Waals surface area contributed by atoms with Crippen LogP contribution in [0.15, 0.2) is 30.3 Å². The van der Waals surface area contributed by atoms with Crippen molar-refractivity contribution in [3.63, 3.8) is 0 Å². The molecule has 2 aromatic rings. The SMILES string of the molecule is CC(=O)c1cc([N+](=O)[O-])c(-c2ccc(C)cc2)[n+](C)c1C.[O-][Cl+3]([O-])([O-])[O-]. The number of carbonyl (C=O) groups is 1. The van der Waals surface area contributed by atoms with Gasteiger partial charge in [-0.3, -0.25) is 14.9 Å². The molecule has 0 aliphatic carbocycles. The standard InChI is InChI=1S/C16H17N2O3.ClHO4/c1-10-5-7-13(8-6-10)16-15(18(20)21)9-14(12(3)19)11(2)17(16)4;2-1(3,4)5/h5-9H,1-4H3;(H,2,3,4,5)/q+1;/p-1. The van der Waals surface area contributed by atoms with E-state index in [1.54, 1.807) is 18.5 Å². The average molecular weight is 385 g/mol. The lowest BCUT2D eigenvalue weighted by Crippen LogP contribution is -2.68. The van der Waals surface area contributed by atoms with Gasteiger partial charge in [-0.1, -0.05) is 17.7 Å². The van der Waals surface area contributed by atoms with Crippen LogP contribution < -0.4 is 23.2 Å². The van der Waals surface area contributed by atoms with Crippen LogP contribution in [-0.4, -0.2) is 10.7 Å². The number of benzene rings is 1. The zero-order chi connectivity index (χ0) is 20.2. The van der Waals surface area contributed by atoms with Crippen LogP contribution in [0.25, 0.3) is 11.3 Å².